The van der Waals surface area contributed by atoms with Crippen molar-refractivity contribution >= 4 is 7.82 Å². The van der Waals surface area contributed by atoms with Crippen molar-refractivity contribution in [2.75, 3.05) is 0 Å². The average Bonchev–Trinajstić information content (AvgIpc) is 1.72. The summed E-state index contributed by atoms with van der Waals surface area (Å²) in [6.45, 7) is 1.30. The fourth-order valence-electron chi connectivity index (χ4n) is 0.970. The molecule has 0 amide bonds. The second-order valence-electron chi connectivity index (χ2n) is 3.68. The normalized spacial score (nSPS) is 15.3. The zero-order chi connectivity index (χ0) is 13.4. The van der Waals surface area contributed by atoms with Crippen LogP contribution in [0.15, 0.2) is 0 Å². The Labute approximate surface area is 87.6 Å². The molecule has 0 N–H and O–H groups in total. The van der Waals surface area contributed by atoms with E-state index in [1.165, 1.54) is 0 Å². The number of hydrogen-bond donors (Lipinski definition) is 0. The predicted molar refractivity (Wildman–Crippen MR) is 38.4 cm³/mol. The highest BCUT2D eigenvalue weighted by Crippen LogP contribution is 2.44. The van der Waals surface area contributed by atoms with E-state index in [1.54, 1.807) is 0 Å². The molecule has 0 bridgehead atoms. The van der Waals surface area contributed by atoms with Gasteiger partial charge in [-0.2, -0.15) is 22.0 Å². The maximum absolute atomic E-state index is 12.5. The van der Waals surface area contributed by atoms with E-state index >= 15 is 0 Å². The maximum Gasteiger partial charge on any atom is 0.453 e. The minimum atomic E-state index is -5.83. The summed E-state index contributed by atoms with van der Waals surface area (Å²) in [6, 6.07) is 0. The lowest BCUT2D eigenvalue weighted by Gasteiger charge is -2.39. The summed E-state index contributed by atoms with van der Waals surface area (Å²) >= 11 is 0. The first kappa shape index (κ1) is 15.8. The van der Waals surface area contributed by atoms with Gasteiger partial charge in [0.05, 0.1) is 13.4 Å². The summed E-state index contributed by atoms with van der Waals surface area (Å²) in [5.74, 6) is -5.13. The Kier molecular flexibility index (Phi) is 4.15. The summed E-state index contributed by atoms with van der Waals surface area (Å²) < 4.78 is 74.0. The van der Waals surface area contributed by atoms with E-state index < -0.39 is 31.9 Å². The van der Waals surface area contributed by atoms with Crippen LogP contribution in [-0.4, -0.2) is 17.7 Å². The van der Waals surface area contributed by atoms with Gasteiger partial charge in [0.25, 0.3) is 0 Å². The molecule has 0 saturated heterocycles. The van der Waals surface area contributed by atoms with E-state index in [1.807, 2.05) is 0 Å². The van der Waals surface area contributed by atoms with Crippen LogP contribution in [0.5, 0.6) is 0 Å². The number of halogens is 5. The molecule has 0 fully saturated rings. The van der Waals surface area contributed by atoms with Crippen molar-refractivity contribution in [1.82, 2.24) is 0 Å². The molecule has 0 spiro atoms. The Bertz CT molecular complexity index is 294. The molecule has 0 aromatic rings. The van der Waals surface area contributed by atoms with E-state index in [9.17, 15) is 36.3 Å². The van der Waals surface area contributed by atoms with Gasteiger partial charge in [0, 0.05) is 6.42 Å². The van der Waals surface area contributed by atoms with Gasteiger partial charge in [0.1, 0.15) is 0 Å². The second-order valence-corrected chi connectivity index (χ2v) is 4.75. The minimum absolute atomic E-state index is 0.648. The quantitative estimate of drug-likeness (QED) is 0.568. The van der Waals surface area contributed by atoms with Crippen LogP contribution in [0.25, 0.3) is 0 Å². The number of hydrogen-bond acceptors (Lipinski definition) is 4. The zero-order valence-corrected chi connectivity index (χ0v) is 9.07. The molecule has 98 valence electrons. The maximum atomic E-state index is 12.5. The predicted octanol–water partition coefficient (Wildman–Crippen LogP) is 1.20. The highest BCUT2D eigenvalue weighted by Gasteiger charge is 2.59. The smallest absolute Gasteiger partial charge is 0.453 e. The highest BCUT2D eigenvalue weighted by atomic mass is 31.2. The molecule has 0 aliphatic carbocycles. The van der Waals surface area contributed by atoms with Crippen LogP contribution in [0.4, 0.5) is 22.0 Å². The van der Waals surface area contributed by atoms with Gasteiger partial charge < -0.3 is 18.9 Å². The van der Waals surface area contributed by atoms with Gasteiger partial charge in [0.15, 0.2) is 0 Å². The Balaban J connectivity index is 4.78. The van der Waals surface area contributed by atoms with Gasteiger partial charge in [-0.1, -0.05) is 0 Å². The van der Waals surface area contributed by atoms with Crippen molar-refractivity contribution in [2.24, 2.45) is 0 Å². The van der Waals surface area contributed by atoms with Crippen molar-refractivity contribution in [1.29, 1.82) is 0 Å². The first-order chi connectivity index (χ1) is 6.66. The second kappa shape index (κ2) is 4.21. The van der Waals surface area contributed by atoms with Crippen LogP contribution in [0, 0.1) is 0 Å². The molecule has 0 aliphatic rings. The fraction of sp³-hybridized carbons (Fsp3) is 1.00. The number of rotatable bonds is 4. The van der Waals surface area contributed by atoms with Crippen LogP contribution >= 0.6 is 7.82 Å². The lowest BCUT2D eigenvalue weighted by molar-refractivity contribution is -0.353. The third kappa shape index (κ3) is 5.20. The third-order valence-corrected chi connectivity index (χ3v) is 2.14. The number of phosphoric ester groups is 1. The summed E-state index contributed by atoms with van der Waals surface area (Å²) in [6.07, 6.45) is -7.79. The van der Waals surface area contributed by atoms with E-state index in [0.29, 0.717) is 13.8 Å². The number of phosphoric acid groups is 1. The van der Waals surface area contributed by atoms with Gasteiger partial charge in [0.2, 0.25) is 0 Å². The molecular formula is C6H8F5O4P-2. The molecule has 0 unspecified atom stereocenters. The highest BCUT2D eigenvalue weighted by molar-refractivity contribution is 7.43. The molecule has 0 saturated carbocycles. The van der Waals surface area contributed by atoms with E-state index in [-0.39, 0.29) is 0 Å². The molecule has 0 heterocycles. The first-order valence-corrected chi connectivity index (χ1v) is 5.30. The van der Waals surface area contributed by atoms with Crippen molar-refractivity contribution in [2.45, 2.75) is 38.0 Å². The lowest BCUT2D eigenvalue weighted by Crippen LogP contribution is -2.44. The Morgan fingerprint density at radius 2 is 1.50 bits per heavy atom. The average molecular weight is 270 g/mol. The van der Waals surface area contributed by atoms with Gasteiger partial charge in [-0.3, -0.25) is 0 Å². The van der Waals surface area contributed by atoms with E-state index in [2.05, 4.69) is 4.52 Å². The Morgan fingerprint density at radius 1 is 1.12 bits per heavy atom. The van der Waals surface area contributed by atoms with Gasteiger partial charge in [-0.05, 0) is 13.8 Å². The summed E-state index contributed by atoms with van der Waals surface area (Å²) in [5.41, 5.74) is -2.43. The van der Waals surface area contributed by atoms with Crippen molar-refractivity contribution in [3.8, 4) is 0 Å². The van der Waals surface area contributed by atoms with Crippen molar-refractivity contribution < 1.29 is 40.8 Å². The van der Waals surface area contributed by atoms with Crippen LogP contribution in [0.3, 0.4) is 0 Å². The van der Waals surface area contributed by atoms with Crippen LogP contribution in [0.1, 0.15) is 20.3 Å². The summed E-state index contributed by atoms with van der Waals surface area (Å²) in [4.78, 5) is 20.2. The fourth-order valence-corrected chi connectivity index (χ4v) is 1.64. The summed E-state index contributed by atoms with van der Waals surface area (Å²) in [5, 5.41) is 0. The summed E-state index contributed by atoms with van der Waals surface area (Å²) in [7, 11) is -5.63. The molecule has 0 aromatic heterocycles. The molecule has 0 rings (SSSR count). The van der Waals surface area contributed by atoms with Crippen molar-refractivity contribution in [3.63, 3.8) is 0 Å². The van der Waals surface area contributed by atoms with Crippen molar-refractivity contribution in [3.05, 3.63) is 0 Å². The van der Waals surface area contributed by atoms with Gasteiger partial charge in [-0.15, -0.1) is 0 Å². The van der Waals surface area contributed by atoms with E-state index in [4.69, 9.17) is 0 Å². The minimum Gasteiger partial charge on any atom is -0.790 e. The monoisotopic (exact) mass is 270 g/mol. The molecule has 0 radical (unpaired) electrons. The third-order valence-electron chi connectivity index (χ3n) is 1.42. The Morgan fingerprint density at radius 3 is 1.75 bits per heavy atom. The number of alkyl halides is 5. The SMILES string of the molecule is CC(C)(CC(F)(F)C(F)(F)F)OP(=O)([O-])[O-]. The first-order valence-electron chi connectivity index (χ1n) is 3.84. The van der Waals surface area contributed by atoms with Crippen LogP contribution in [0.2, 0.25) is 0 Å². The molecule has 16 heavy (non-hydrogen) atoms. The topological polar surface area (TPSA) is 72.4 Å². The van der Waals surface area contributed by atoms with Crippen LogP contribution in [-0.2, 0) is 9.09 Å². The molecule has 0 aromatic carbocycles. The van der Waals surface area contributed by atoms with Gasteiger partial charge in [-0.25, -0.2) is 0 Å². The molecule has 10 heteroatoms. The Hall–Kier alpha value is -0.240. The lowest BCUT2D eigenvalue weighted by atomic mass is 10.00. The van der Waals surface area contributed by atoms with E-state index in [0.717, 1.165) is 0 Å². The molecule has 0 atom stereocenters. The largest absolute Gasteiger partial charge is 0.790 e. The van der Waals surface area contributed by atoms with Crippen LogP contribution < -0.4 is 9.79 Å². The molecular weight excluding hydrogens is 262 g/mol. The standard InChI is InChI=1S/C6H10F5O4P/c1-4(2,15-16(12,13)14)3-5(7,8)6(9,10)11/h3H2,1-2H3,(H2,12,13,14)/p-2. The molecule has 4 nitrogen and oxygen atoms in total. The molecule has 0 aliphatic heterocycles. The van der Waals surface area contributed by atoms with Gasteiger partial charge >= 0.3 is 12.1 Å². The zero-order valence-electron chi connectivity index (χ0n) is 8.18.